The molecule has 0 aliphatic carbocycles. The van der Waals surface area contributed by atoms with Crippen LogP contribution in [0.3, 0.4) is 0 Å². The Morgan fingerprint density at radius 3 is 2.41 bits per heavy atom. The SMILES string of the molecule is O=C(Nc1ccc(Oc2ccc3ncc(N4CCOCC4)nc3c2)cc1)c1ccc(F)c(C(F)(F)F)c1. The van der Waals surface area contributed by atoms with Gasteiger partial charge in [-0.3, -0.25) is 9.78 Å². The third-order valence-corrected chi connectivity index (χ3v) is 5.72. The maximum absolute atomic E-state index is 13.5. The van der Waals surface area contributed by atoms with Crippen LogP contribution in [0.5, 0.6) is 11.5 Å². The minimum atomic E-state index is -4.90. The standard InChI is InChI=1S/C26H20F4N4O3/c27-21-7-1-16(13-20(21)26(28,29)30)25(35)32-17-2-4-18(5-3-17)37-19-6-8-22-23(14-19)33-24(15-31-22)34-9-11-36-12-10-34/h1-8,13-15H,9-12H2,(H,32,35). The first-order chi connectivity index (χ1) is 17.8. The van der Waals surface area contributed by atoms with Gasteiger partial charge in [0.25, 0.3) is 5.91 Å². The van der Waals surface area contributed by atoms with Crippen LogP contribution < -0.4 is 15.0 Å². The van der Waals surface area contributed by atoms with E-state index >= 15 is 0 Å². The number of benzene rings is 3. The highest BCUT2D eigenvalue weighted by Crippen LogP contribution is 2.32. The lowest BCUT2D eigenvalue weighted by molar-refractivity contribution is -0.140. The van der Waals surface area contributed by atoms with Crippen molar-refractivity contribution in [2.75, 3.05) is 36.5 Å². The summed E-state index contributed by atoms with van der Waals surface area (Å²) in [6, 6.07) is 13.7. The molecule has 1 aromatic heterocycles. The van der Waals surface area contributed by atoms with Crippen molar-refractivity contribution in [1.82, 2.24) is 9.97 Å². The van der Waals surface area contributed by atoms with Gasteiger partial charge in [-0.2, -0.15) is 13.2 Å². The van der Waals surface area contributed by atoms with Crippen LogP contribution in [0.25, 0.3) is 11.0 Å². The van der Waals surface area contributed by atoms with Gasteiger partial charge in [0.2, 0.25) is 0 Å². The zero-order valence-corrected chi connectivity index (χ0v) is 19.3. The number of aromatic nitrogens is 2. The average molecular weight is 512 g/mol. The minimum Gasteiger partial charge on any atom is -0.457 e. The lowest BCUT2D eigenvalue weighted by Crippen LogP contribution is -2.36. The van der Waals surface area contributed by atoms with Crippen molar-refractivity contribution in [2.24, 2.45) is 0 Å². The molecule has 11 heteroatoms. The van der Waals surface area contributed by atoms with E-state index in [0.29, 0.717) is 48.0 Å². The van der Waals surface area contributed by atoms with Crippen LogP contribution in [0.1, 0.15) is 15.9 Å². The molecule has 7 nitrogen and oxygen atoms in total. The van der Waals surface area contributed by atoms with Crippen LogP contribution in [0.4, 0.5) is 29.1 Å². The maximum Gasteiger partial charge on any atom is 0.419 e. The van der Waals surface area contributed by atoms with Gasteiger partial charge in [0, 0.05) is 30.4 Å². The molecule has 4 aromatic rings. The largest absolute Gasteiger partial charge is 0.457 e. The predicted octanol–water partition coefficient (Wildman–Crippen LogP) is 5.67. The van der Waals surface area contributed by atoms with Gasteiger partial charge in [0.1, 0.15) is 23.1 Å². The fourth-order valence-electron chi connectivity index (χ4n) is 3.82. The van der Waals surface area contributed by atoms with E-state index in [2.05, 4.69) is 20.2 Å². The molecule has 0 radical (unpaired) electrons. The van der Waals surface area contributed by atoms with Crippen LogP contribution in [0.2, 0.25) is 0 Å². The highest BCUT2D eigenvalue weighted by molar-refractivity contribution is 6.04. The number of rotatable bonds is 5. The fraction of sp³-hybridized carbons (Fsp3) is 0.192. The normalized spacial score (nSPS) is 14.0. The third-order valence-electron chi connectivity index (χ3n) is 5.72. The monoisotopic (exact) mass is 512 g/mol. The van der Waals surface area contributed by atoms with E-state index in [-0.39, 0.29) is 5.56 Å². The molecular weight excluding hydrogens is 492 g/mol. The zero-order chi connectivity index (χ0) is 26.0. The van der Waals surface area contributed by atoms with Gasteiger partial charge in [0.05, 0.1) is 36.0 Å². The summed E-state index contributed by atoms with van der Waals surface area (Å²) >= 11 is 0. The summed E-state index contributed by atoms with van der Waals surface area (Å²) in [6.45, 7) is 2.75. The Balaban J connectivity index is 1.27. The summed E-state index contributed by atoms with van der Waals surface area (Å²) in [4.78, 5) is 23.7. The van der Waals surface area contributed by atoms with Crippen LogP contribution >= 0.6 is 0 Å². The van der Waals surface area contributed by atoms with Gasteiger partial charge < -0.3 is 19.7 Å². The Kier molecular flexibility index (Phi) is 6.62. The molecule has 0 saturated carbocycles. The molecule has 1 amide bonds. The number of nitrogens with zero attached hydrogens (tertiary/aromatic N) is 3. The van der Waals surface area contributed by atoms with Crippen LogP contribution in [0, 0.1) is 5.82 Å². The highest BCUT2D eigenvalue weighted by atomic mass is 19.4. The van der Waals surface area contributed by atoms with Crippen LogP contribution in [0.15, 0.2) is 66.9 Å². The number of hydrogen-bond donors (Lipinski definition) is 1. The molecule has 3 aromatic carbocycles. The molecule has 2 heterocycles. The first-order valence-corrected chi connectivity index (χ1v) is 11.3. The van der Waals surface area contributed by atoms with E-state index in [9.17, 15) is 22.4 Å². The number of hydrogen-bond acceptors (Lipinski definition) is 6. The number of morpholine rings is 1. The van der Waals surface area contributed by atoms with Crippen molar-refractivity contribution in [3.05, 3.63) is 83.8 Å². The van der Waals surface area contributed by atoms with Crippen molar-refractivity contribution in [2.45, 2.75) is 6.18 Å². The van der Waals surface area contributed by atoms with Crippen molar-refractivity contribution in [3.63, 3.8) is 0 Å². The van der Waals surface area contributed by atoms with Gasteiger partial charge in [0.15, 0.2) is 0 Å². The molecule has 0 unspecified atom stereocenters. The number of carbonyl (C=O) groups excluding carboxylic acids is 1. The average Bonchev–Trinajstić information content (AvgIpc) is 2.89. The molecule has 0 spiro atoms. The van der Waals surface area contributed by atoms with Crippen molar-refractivity contribution in [3.8, 4) is 11.5 Å². The summed E-state index contributed by atoms with van der Waals surface area (Å²) in [6.07, 6.45) is -3.17. The zero-order valence-electron chi connectivity index (χ0n) is 19.3. The van der Waals surface area contributed by atoms with Gasteiger partial charge in [-0.15, -0.1) is 0 Å². The third kappa shape index (κ3) is 5.61. The molecule has 1 aliphatic rings. The first-order valence-electron chi connectivity index (χ1n) is 11.3. The second-order valence-corrected chi connectivity index (χ2v) is 8.25. The van der Waals surface area contributed by atoms with Gasteiger partial charge in [-0.1, -0.05) is 0 Å². The van der Waals surface area contributed by atoms with E-state index in [4.69, 9.17) is 9.47 Å². The van der Waals surface area contributed by atoms with E-state index < -0.39 is 23.5 Å². The topological polar surface area (TPSA) is 76.6 Å². The molecular formula is C26H20F4N4O3. The summed E-state index contributed by atoms with van der Waals surface area (Å²) in [5.41, 5.74) is -0.0987. The van der Waals surface area contributed by atoms with Crippen LogP contribution in [-0.4, -0.2) is 42.2 Å². The van der Waals surface area contributed by atoms with E-state index in [0.717, 1.165) is 30.5 Å². The number of nitrogens with one attached hydrogen (secondary N) is 1. The van der Waals surface area contributed by atoms with Crippen molar-refractivity contribution in [1.29, 1.82) is 0 Å². The summed E-state index contributed by atoms with van der Waals surface area (Å²) in [7, 11) is 0. The van der Waals surface area contributed by atoms with Crippen molar-refractivity contribution < 1.29 is 31.8 Å². The Bertz CT molecular complexity index is 1440. The minimum absolute atomic E-state index is 0.317. The van der Waals surface area contributed by atoms with Gasteiger partial charge >= 0.3 is 6.18 Å². The second-order valence-electron chi connectivity index (χ2n) is 8.25. The molecule has 190 valence electrons. The second kappa shape index (κ2) is 10.0. The molecule has 1 aliphatic heterocycles. The Hall–Kier alpha value is -4.25. The first kappa shape index (κ1) is 24.4. The molecule has 0 atom stereocenters. The number of fused-ring (bicyclic) bond motifs is 1. The summed E-state index contributed by atoms with van der Waals surface area (Å²) < 4.78 is 63.6. The Labute approximate surface area is 208 Å². The number of amides is 1. The van der Waals surface area contributed by atoms with Gasteiger partial charge in [-0.05, 0) is 54.6 Å². The lowest BCUT2D eigenvalue weighted by Gasteiger charge is -2.27. The lowest BCUT2D eigenvalue weighted by atomic mass is 10.1. The summed E-state index contributed by atoms with van der Waals surface area (Å²) in [5.74, 6) is -0.484. The number of carbonyl (C=O) groups is 1. The molecule has 1 fully saturated rings. The predicted molar refractivity (Wildman–Crippen MR) is 128 cm³/mol. The molecule has 5 rings (SSSR count). The number of ether oxygens (including phenoxy) is 2. The maximum atomic E-state index is 13.5. The van der Waals surface area contributed by atoms with Crippen molar-refractivity contribution >= 4 is 28.4 Å². The van der Waals surface area contributed by atoms with Crippen LogP contribution in [-0.2, 0) is 10.9 Å². The van der Waals surface area contributed by atoms with E-state index in [1.165, 1.54) is 0 Å². The Morgan fingerprint density at radius 2 is 1.68 bits per heavy atom. The van der Waals surface area contributed by atoms with Gasteiger partial charge in [-0.25, -0.2) is 9.37 Å². The Morgan fingerprint density at radius 1 is 0.946 bits per heavy atom. The highest BCUT2D eigenvalue weighted by Gasteiger charge is 2.34. The smallest absolute Gasteiger partial charge is 0.419 e. The van der Waals surface area contributed by atoms with E-state index in [1.807, 2.05) is 0 Å². The molecule has 0 bridgehead atoms. The number of alkyl halides is 3. The molecule has 1 saturated heterocycles. The quantitative estimate of drug-likeness (QED) is 0.348. The fourth-order valence-corrected chi connectivity index (χ4v) is 3.82. The number of anilines is 2. The summed E-state index contributed by atoms with van der Waals surface area (Å²) in [5, 5.41) is 2.49. The van der Waals surface area contributed by atoms with E-state index in [1.54, 1.807) is 48.7 Å². The molecule has 37 heavy (non-hydrogen) atoms. The number of halogens is 4. The molecule has 1 N–H and O–H groups in total.